The molecule has 7 heteroatoms. The molecule has 4 nitrogen and oxygen atoms in total. The van der Waals surface area contributed by atoms with Crippen molar-refractivity contribution in [1.29, 1.82) is 0 Å². The summed E-state index contributed by atoms with van der Waals surface area (Å²) in [4.78, 5) is 22.1. The van der Waals surface area contributed by atoms with Crippen LogP contribution in [0.1, 0.15) is 24.8 Å². The smallest absolute Gasteiger partial charge is 0.303 e. The average Bonchev–Trinajstić information content (AvgIpc) is 2.45. The molecule has 1 amide bonds. The number of carbonyl (C=O) groups excluding carboxylic acids is 1. The van der Waals surface area contributed by atoms with Gasteiger partial charge in [-0.25, -0.2) is 0 Å². The van der Waals surface area contributed by atoms with Crippen LogP contribution >= 0.6 is 36.2 Å². The molecule has 0 aliphatic carbocycles. The Morgan fingerprint density at radius 2 is 1.90 bits per heavy atom. The quantitative estimate of drug-likeness (QED) is 0.548. The third-order valence-electron chi connectivity index (χ3n) is 2.72. The van der Waals surface area contributed by atoms with Gasteiger partial charge in [0.2, 0.25) is 0 Å². The largest absolute Gasteiger partial charge is 0.481 e. The van der Waals surface area contributed by atoms with Crippen molar-refractivity contribution in [1.82, 2.24) is 4.31 Å². The Morgan fingerprint density at radius 3 is 2.52 bits per heavy atom. The van der Waals surface area contributed by atoms with Gasteiger partial charge in [-0.3, -0.25) is 13.9 Å². The second-order valence-electron chi connectivity index (χ2n) is 4.46. The first kappa shape index (κ1) is 18.2. The zero-order chi connectivity index (χ0) is 15.7. The number of halogens is 1. The molecule has 21 heavy (non-hydrogen) atoms. The molecule has 0 bridgehead atoms. The summed E-state index contributed by atoms with van der Waals surface area (Å²) in [5, 5.41) is 9.07. The molecule has 0 spiro atoms. The minimum atomic E-state index is -0.839. The van der Waals surface area contributed by atoms with Gasteiger partial charge >= 0.3 is 5.97 Å². The molecular weight excluding hydrogens is 330 g/mol. The van der Waals surface area contributed by atoms with E-state index >= 15 is 0 Å². The van der Waals surface area contributed by atoms with Crippen LogP contribution in [0.3, 0.4) is 0 Å². The van der Waals surface area contributed by atoms with E-state index in [4.69, 9.17) is 16.7 Å². The Kier molecular flexibility index (Phi) is 8.64. The number of hydrogen-bond donors (Lipinski definition) is 2. The number of carboxylic acid groups (broad SMARTS) is 1. The minimum Gasteiger partial charge on any atom is -0.481 e. The summed E-state index contributed by atoms with van der Waals surface area (Å²) in [5.41, 5.74) is 1.17. The predicted octanol–water partition coefficient (Wildman–Crippen LogP) is 4.14. The lowest BCUT2D eigenvalue weighted by Gasteiger charge is -2.14. The number of aryl methyl sites for hydroxylation is 1. The summed E-state index contributed by atoms with van der Waals surface area (Å²) in [6.45, 7) is 0.552. The van der Waals surface area contributed by atoms with Gasteiger partial charge in [0.1, 0.15) is 0 Å². The Bertz CT molecular complexity index is 468. The van der Waals surface area contributed by atoms with Crippen molar-refractivity contribution < 1.29 is 14.7 Å². The fourth-order valence-electron chi connectivity index (χ4n) is 1.63. The summed E-state index contributed by atoms with van der Waals surface area (Å²) in [5.74, 6) is -0.340. The third kappa shape index (κ3) is 8.24. The fourth-order valence-corrected chi connectivity index (χ4v) is 2.78. The van der Waals surface area contributed by atoms with Crippen molar-refractivity contribution in [3.05, 3.63) is 34.9 Å². The fraction of sp³-hybridized carbons (Fsp3) is 0.429. The van der Waals surface area contributed by atoms with Crippen molar-refractivity contribution in [2.75, 3.05) is 12.3 Å². The van der Waals surface area contributed by atoms with Crippen LogP contribution in [0.5, 0.6) is 0 Å². The van der Waals surface area contributed by atoms with E-state index in [2.05, 4.69) is 12.8 Å². The van der Waals surface area contributed by atoms with Crippen molar-refractivity contribution in [2.24, 2.45) is 0 Å². The number of rotatable bonds is 8. The molecule has 0 fully saturated rings. The molecule has 0 aromatic heterocycles. The number of nitrogens with zero attached hydrogens (tertiary/aromatic N) is 1. The molecule has 1 aromatic carbocycles. The van der Waals surface area contributed by atoms with Gasteiger partial charge < -0.3 is 5.11 Å². The highest BCUT2D eigenvalue weighted by Gasteiger charge is 2.10. The third-order valence-corrected chi connectivity index (χ3v) is 4.45. The van der Waals surface area contributed by atoms with Crippen LogP contribution in [0.15, 0.2) is 24.3 Å². The molecule has 0 atom stereocenters. The van der Waals surface area contributed by atoms with E-state index < -0.39 is 5.97 Å². The highest BCUT2D eigenvalue weighted by atomic mass is 35.5. The van der Waals surface area contributed by atoms with Crippen LogP contribution in [0.25, 0.3) is 0 Å². The second-order valence-corrected chi connectivity index (χ2v) is 6.43. The van der Waals surface area contributed by atoms with Gasteiger partial charge in [0.05, 0.1) is 0 Å². The maximum absolute atomic E-state index is 11.7. The van der Waals surface area contributed by atoms with Crippen LogP contribution in [0.4, 0.5) is 4.79 Å². The lowest BCUT2D eigenvalue weighted by atomic mass is 10.1. The monoisotopic (exact) mass is 347 g/mol. The molecule has 0 aliphatic rings. The Labute approximate surface area is 139 Å². The van der Waals surface area contributed by atoms with Crippen molar-refractivity contribution in [3.8, 4) is 0 Å². The molecular formula is C14H18ClNO3S2. The Morgan fingerprint density at radius 1 is 1.24 bits per heavy atom. The van der Waals surface area contributed by atoms with Gasteiger partial charge in [-0.1, -0.05) is 48.3 Å². The lowest BCUT2D eigenvalue weighted by molar-refractivity contribution is -0.137. The van der Waals surface area contributed by atoms with Crippen molar-refractivity contribution >= 4 is 47.4 Å². The number of benzene rings is 1. The number of carbonyl (C=O) groups is 2. The first-order valence-electron chi connectivity index (χ1n) is 6.58. The molecule has 1 N–H and O–H groups in total. The van der Waals surface area contributed by atoms with Gasteiger partial charge in [0.25, 0.3) is 5.24 Å². The highest BCUT2D eigenvalue weighted by molar-refractivity contribution is 8.14. The summed E-state index contributed by atoms with van der Waals surface area (Å²) >= 11 is 11.1. The van der Waals surface area contributed by atoms with Crippen molar-refractivity contribution in [3.63, 3.8) is 0 Å². The van der Waals surface area contributed by atoms with E-state index in [-0.39, 0.29) is 11.7 Å². The normalized spacial score (nSPS) is 10.4. The highest BCUT2D eigenvalue weighted by Crippen LogP contribution is 2.15. The molecule has 0 aliphatic heterocycles. The summed E-state index contributed by atoms with van der Waals surface area (Å²) in [6, 6.07) is 7.62. The van der Waals surface area contributed by atoms with E-state index in [1.54, 1.807) is 0 Å². The first-order chi connectivity index (χ1) is 9.99. The first-order valence-corrected chi connectivity index (χ1v) is 8.35. The molecule has 0 saturated heterocycles. The number of thiol groups is 1. The summed E-state index contributed by atoms with van der Waals surface area (Å²) < 4.78 is 1.38. The topological polar surface area (TPSA) is 57.6 Å². The SMILES string of the molecule is O=C(O)CCCSC(=O)N(S)CCCc1ccc(Cl)cc1. The van der Waals surface area contributed by atoms with E-state index in [0.29, 0.717) is 23.7 Å². The van der Waals surface area contributed by atoms with Crippen LogP contribution in [0.2, 0.25) is 5.02 Å². The van der Waals surface area contributed by atoms with Gasteiger partial charge in [0.15, 0.2) is 0 Å². The standard InChI is InChI=1S/C14H18ClNO3S2/c15-12-7-5-11(6-8-12)3-1-9-16(20)14(19)21-10-2-4-13(17)18/h5-8,20H,1-4,9-10H2,(H,17,18). The van der Waals surface area contributed by atoms with Gasteiger partial charge in [-0.15, -0.1) is 0 Å². The zero-order valence-electron chi connectivity index (χ0n) is 11.5. The summed E-state index contributed by atoms with van der Waals surface area (Å²) in [6.07, 6.45) is 2.24. The van der Waals surface area contributed by atoms with E-state index in [0.717, 1.165) is 24.6 Å². The maximum atomic E-state index is 11.7. The number of aliphatic carboxylic acids is 1. The molecule has 1 aromatic rings. The van der Waals surface area contributed by atoms with Crippen LogP contribution in [-0.4, -0.2) is 32.9 Å². The minimum absolute atomic E-state index is 0.0867. The van der Waals surface area contributed by atoms with Gasteiger partial charge in [-0.2, -0.15) is 0 Å². The van der Waals surface area contributed by atoms with E-state index in [9.17, 15) is 9.59 Å². The predicted molar refractivity (Wildman–Crippen MR) is 90.2 cm³/mol. The van der Waals surface area contributed by atoms with Crippen molar-refractivity contribution in [2.45, 2.75) is 25.7 Å². The molecule has 116 valence electrons. The van der Waals surface area contributed by atoms with Crippen LogP contribution < -0.4 is 0 Å². The van der Waals surface area contributed by atoms with Crippen LogP contribution in [0, 0.1) is 0 Å². The molecule has 0 heterocycles. The number of thioether (sulfide) groups is 1. The maximum Gasteiger partial charge on any atom is 0.303 e. The number of carboxylic acids is 1. The zero-order valence-corrected chi connectivity index (χ0v) is 14.0. The second kappa shape index (κ2) is 9.97. The van der Waals surface area contributed by atoms with E-state index in [1.165, 1.54) is 9.87 Å². The van der Waals surface area contributed by atoms with Gasteiger partial charge in [0, 0.05) is 23.7 Å². The molecule has 1 rings (SSSR count). The van der Waals surface area contributed by atoms with Gasteiger partial charge in [-0.05, 0) is 37.0 Å². The lowest BCUT2D eigenvalue weighted by Crippen LogP contribution is -2.19. The average molecular weight is 348 g/mol. The summed E-state index contributed by atoms with van der Waals surface area (Å²) in [7, 11) is 0. The van der Waals surface area contributed by atoms with E-state index in [1.807, 2.05) is 24.3 Å². The molecule has 0 radical (unpaired) electrons. The Hall–Kier alpha value is -0.850. The molecule has 0 unspecified atom stereocenters. The number of amides is 1. The van der Waals surface area contributed by atoms with Crippen LogP contribution in [-0.2, 0) is 11.2 Å². The Balaban J connectivity index is 2.17. The number of hydrogen-bond acceptors (Lipinski definition) is 4. The molecule has 0 saturated carbocycles.